The van der Waals surface area contributed by atoms with Gasteiger partial charge in [-0.25, -0.2) is 14.2 Å². The predicted molar refractivity (Wildman–Crippen MR) is 105 cm³/mol. The molecular formula is C22H17FN2O2. The molecule has 3 aromatic carbocycles. The normalized spacial score (nSPS) is 11.7. The highest BCUT2D eigenvalue weighted by molar-refractivity contribution is 6.00. The number of carboxylic acid groups (broad SMARTS) is 1. The largest absolute Gasteiger partial charge is 0.478 e. The van der Waals surface area contributed by atoms with Crippen LogP contribution in [0.15, 0.2) is 83.9 Å². The molecule has 0 aromatic heterocycles. The fourth-order valence-electron chi connectivity index (χ4n) is 2.60. The van der Waals surface area contributed by atoms with Crippen LogP contribution in [-0.2, 0) is 4.79 Å². The molecule has 4 nitrogen and oxygen atoms in total. The molecule has 27 heavy (non-hydrogen) atoms. The molecule has 3 N–H and O–H groups in total. The molecule has 0 fully saturated rings. The molecule has 0 aliphatic heterocycles. The number of amidine groups is 1. The molecule has 0 unspecified atom stereocenters. The monoisotopic (exact) mass is 360 g/mol. The molecule has 134 valence electrons. The molecule has 0 atom stereocenters. The van der Waals surface area contributed by atoms with Crippen molar-refractivity contribution in [3.8, 4) is 11.1 Å². The molecule has 0 saturated carbocycles. The molecule has 0 aliphatic rings. The third kappa shape index (κ3) is 4.67. The van der Waals surface area contributed by atoms with E-state index in [1.54, 1.807) is 36.4 Å². The summed E-state index contributed by atoms with van der Waals surface area (Å²) in [5.74, 6) is -1.45. The highest BCUT2D eigenvalue weighted by Crippen LogP contribution is 2.23. The number of aliphatic carboxylic acids is 1. The zero-order valence-corrected chi connectivity index (χ0v) is 14.3. The lowest BCUT2D eigenvalue weighted by molar-refractivity contribution is -0.131. The lowest BCUT2D eigenvalue weighted by Crippen LogP contribution is -2.15. The van der Waals surface area contributed by atoms with E-state index in [0.29, 0.717) is 11.3 Å². The lowest BCUT2D eigenvalue weighted by atomic mass is 10.0. The van der Waals surface area contributed by atoms with Crippen LogP contribution in [0.1, 0.15) is 11.1 Å². The Morgan fingerprint density at radius 1 is 0.963 bits per heavy atom. The average Bonchev–Trinajstić information content (AvgIpc) is 2.67. The molecule has 5 heteroatoms. The summed E-state index contributed by atoms with van der Waals surface area (Å²) in [6.07, 6.45) is 2.49. The summed E-state index contributed by atoms with van der Waals surface area (Å²) in [6, 6.07) is 21.2. The Morgan fingerprint density at radius 2 is 1.74 bits per heavy atom. The zero-order chi connectivity index (χ0) is 19.2. The first-order valence-corrected chi connectivity index (χ1v) is 8.23. The van der Waals surface area contributed by atoms with Crippen molar-refractivity contribution in [1.29, 1.82) is 0 Å². The molecule has 0 amide bonds. The Bertz CT molecular complexity index is 1030. The summed E-state index contributed by atoms with van der Waals surface area (Å²) in [5.41, 5.74) is 9.21. The SMILES string of the molecule is NC(=Nc1cccc(C=CC(=O)O)c1)c1cc(-c2ccccc2)ccc1F. The maximum atomic E-state index is 14.3. The Kier molecular flexibility index (Phi) is 5.42. The standard InChI is InChI=1S/C22H17FN2O2/c23-20-11-10-17(16-6-2-1-3-7-16)14-19(20)22(24)25-18-8-4-5-15(13-18)9-12-21(26)27/h1-14H,(H2,24,25)(H,26,27). The number of benzene rings is 3. The van der Waals surface area contributed by atoms with Crippen molar-refractivity contribution in [1.82, 2.24) is 0 Å². The van der Waals surface area contributed by atoms with Crippen molar-refractivity contribution < 1.29 is 14.3 Å². The van der Waals surface area contributed by atoms with Gasteiger partial charge in [-0.05, 0) is 47.0 Å². The van der Waals surface area contributed by atoms with Gasteiger partial charge in [0.2, 0.25) is 0 Å². The summed E-state index contributed by atoms with van der Waals surface area (Å²) in [5, 5.41) is 8.71. The van der Waals surface area contributed by atoms with Gasteiger partial charge in [0.25, 0.3) is 0 Å². The number of carbonyl (C=O) groups is 1. The van der Waals surface area contributed by atoms with Crippen LogP contribution < -0.4 is 5.73 Å². The second-order valence-electron chi connectivity index (χ2n) is 5.82. The minimum absolute atomic E-state index is 0.0460. The van der Waals surface area contributed by atoms with Gasteiger partial charge >= 0.3 is 5.97 Å². The number of hydrogen-bond acceptors (Lipinski definition) is 2. The van der Waals surface area contributed by atoms with E-state index < -0.39 is 11.8 Å². The first-order chi connectivity index (χ1) is 13.0. The summed E-state index contributed by atoms with van der Waals surface area (Å²) in [4.78, 5) is 14.9. The molecule has 0 saturated heterocycles. The van der Waals surface area contributed by atoms with Gasteiger partial charge in [0, 0.05) is 6.08 Å². The van der Waals surface area contributed by atoms with E-state index in [1.165, 1.54) is 12.1 Å². The average molecular weight is 360 g/mol. The molecule has 3 aromatic rings. The van der Waals surface area contributed by atoms with Crippen molar-refractivity contribution in [2.24, 2.45) is 10.7 Å². The summed E-state index contributed by atoms with van der Waals surface area (Å²) in [6.45, 7) is 0. The minimum Gasteiger partial charge on any atom is -0.478 e. The number of carboxylic acids is 1. The maximum absolute atomic E-state index is 14.3. The van der Waals surface area contributed by atoms with Crippen LogP contribution in [0.5, 0.6) is 0 Å². The number of aliphatic imine (C=N–C) groups is 1. The van der Waals surface area contributed by atoms with Crippen LogP contribution in [-0.4, -0.2) is 16.9 Å². The van der Waals surface area contributed by atoms with Gasteiger partial charge in [-0.15, -0.1) is 0 Å². The fraction of sp³-hybridized carbons (Fsp3) is 0. The Balaban J connectivity index is 1.95. The smallest absolute Gasteiger partial charge is 0.328 e. The number of rotatable bonds is 5. The van der Waals surface area contributed by atoms with Gasteiger partial charge < -0.3 is 10.8 Å². The molecule has 0 radical (unpaired) electrons. The van der Waals surface area contributed by atoms with Crippen LogP contribution in [0.2, 0.25) is 0 Å². The van der Waals surface area contributed by atoms with Gasteiger partial charge in [0.1, 0.15) is 11.7 Å². The highest BCUT2D eigenvalue weighted by atomic mass is 19.1. The zero-order valence-electron chi connectivity index (χ0n) is 14.3. The number of nitrogens with two attached hydrogens (primary N) is 1. The van der Waals surface area contributed by atoms with Gasteiger partial charge in [0.05, 0.1) is 11.3 Å². The van der Waals surface area contributed by atoms with E-state index in [-0.39, 0.29) is 11.4 Å². The number of hydrogen-bond donors (Lipinski definition) is 2. The summed E-state index contributed by atoms with van der Waals surface area (Å²) >= 11 is 0. The minimum atomic E-state index is -1.04. The predicted octanol–water partition coefficient (Wildman–Crippen LogP) is 4.63. The molecule has 0 bridgehead atoms. The Morgan fingerprint density at radius 3 is 2.48 bits per heavy atom. The van der Waals surface area contributed by atoms with Crippen molar-refractivity contribution in [3.63, 3.8) is 0 Å². The van der Waals surface area contributed by atoms with Crippen molar-refractivity contribution in [2.75, 3.05) is 0 Å². The number of halogens is 1. The first-order valence-electron chi connectivity index (χ1n) is 8.23. The summed E-state index contributed by atoms with van der Waals surface area (Å²) in [7, 11) is 0. The van der Waals surface area contributed by atoms with E-state index in [0.717, 1.165) is 17.2 Å². The maximum Gasteiger partial charge on any atom is 0.328 e. The topological polar surface area (TPSA) is 75.7 Å². The van der Waals surface area contributed by atoms with Crippen molar-refractivity contribution in [3.05, 3.63) is 95.8 Å². The van der Waals surface area contributed by atoms with Crippen molar-refractivity contribution >= 4 is 23.6 Å². The van der Waals surface area contributed by atoms with Crippen molar-refractivity contribution in [2.45, 2.75) is 0 Å². The third-order valence-corrected chi connectivity index (χ3v) is 3.89. The first kappa shape index (κ1) is 18.1. The van der Waals surface area contributed by atoms with Crippen LogP contribution in [0.25, 0.3) is 17.2 Å². The van der Waals surface area contributed by atoms with Crippen LogP contribution in [0.4, 0.5) is 10.1 Å². The Hall–Kier alpha value is -3.73. The van der Waals surface area contributed by atoms with Crippen LogP contribution in [0.3, 0.4) is 0 Å². The van der Waals surface area contributed by atoms with Crippen LogP contribution in [0, 0.1) is 5.82 Å². The lowest BCUT2D eigenvalue weighted by Gasteiger charge is -2.07. The second-order valence-corrected chi connectivity index (χ2v) is 5.82. The number of nitrogens with zero attached hydrogens (tertiary/aromatic N) is 1. The van der Waals surface area contributed by atoms with E-state index in [2.05, 4.69) is 4.99 Å². The highest BCUT2D eigenvalue weighted by Gasteiger charge is 2.09. The molecule has 0 spiro atoms. The van der Waals surface area contributed by atoms with Gasteiger partial charge in [0.15, 0.2) is 0 Å². The van der Waals surface area contributed by atoms with E-state index >= 15 is 0 Å². The molecule has 0 heterocycles. The van der Waals surface area contributed by atoms with Gasteiger partial charge in [-0.2, -0.15) is 0 Å². The van der Waals surface area contributed by atoms with E-state index in [9.17, 15) is 9.18 Å². The van der Waals surface area contributed by atoms with Gasteiger partial charge in [-0.1, -0.05) is 48.5 Å². The quantitative estimate of drug-likeness (QED) is 0.396. The Labute approximate surface area is 156 Å². The van der Waals surface area contributed by atoms with E-state index in [4.69, 9.17) is 10.8 Å². The van der Waals surface area contributed by atoms with Gasteiger partial charge in [-0.3, -0.25) is 0 Å². The van der Waals surface area contributed by atoms with E-state index in [1.807, 2.05) is 30.3 Å². The molecular weight excluding hydrogens is 343 g/mol. The summed E-state index contributed by atoms with van der Waals surface area (Å²) < 4.78 is 14.3. The fourth-order valence-corrected chi connectivity index (χ4v) is 2.60. The second kappa shape index (κ2) is 8.10. The molecule has 3 rings (SSSR count). The van der Waals surface area contributed by atoms with Crippen LogP contribution >= 0.6 is 0 Å². The third-order valence-electron chi connectivity index (χ3n) is 3.89. The molecule has 0 aliphatic carbocycles.